The molecule has 2 aliphatic rings. The molecule has 0 radical (unpaired) electrons. The third kappa shape index (κ3) is 6.19. The Hall–Kier alpha value is -3.60. The third-order valence-corrected chi connectivity index (χ3v) is 7.17. The zero-order valence-electron chi connectivity index (χ0n) is 21.5. The SMILES string of the molecule is C[C@@H]1OC(c2ccc(OCCCO)cc2)=N[C@]1(Cc1ccc(Br)cc1)C(=O)NNCc1ccc2c(c1)OCO2. The Bertz CT molecular complexity index is 1330. The van der Waals surface area contributed by atoms with Gasteiger partial charge in [0.1, 0.15) is 11.9 Å². The zero-order valence-corrected chi connectivity index (χ0v) is 23.1. The zero-order chi connectivity index (χ0) is 27.2. The summed E-state index contributed by atoms with van der Waals surface area (Å²) in [5.41, 5.74) is 7.33. The maximum atomic E-state index is 13.7. The van der Waals surface area contributed by atoms with Crippen LogP contribution in [0, 0.1) is 0 Å². The smallest absolute Gasteiger partial charge is 0.266 e. The number of hydrazine groups is 1. The second-order valence-corrected chi connectivity index (χ2v) is 10.3. The van der Waals surface area contributed by atoms with Crippen LogP contribution in [0.1, 0.15) is 30.0 Å². The van der Waals surface area contributed by atoms with Crippen molar-refractivity contribution in [3.8, 4) is 17.2 Å². The van der Waals surface area contributed by atoms with Gasteiger partial charge in [0.05, 0.1) is 6.61 Å². The number of hydrogen-bond acceptors (Lipinski definition) is 8. The van der Waals surface area contributed by atoms with Gasteiger partial charge in [0.2, 0.25) is 12.7 Å². The van der Waals surface area contributed by atoms with Crippen molar-refractivity contribution in [3.05, 3.63) is 87.9 Å². The van der Waals surface area contributed by atoms with Crippen LogP contribution in [-0.4, -0.2) is 48.6 Å². The summed E-state index contributed by atoms with van der Waals surface area (Å²) in [4.78, 5) is 18.6. The number of hydrogen-bond donors (Lipinski definition) is 3. The van der Waals surface area contributed by atoms with Crippen molar-refractivity contribution >= 4 is 27.7 Å². The molecule has 2 atom stereocenters. The number of carbonyl (C=O) groups is 1. The van der Waals surface area contributed by atoms with Crippen molar-refractivity contribution in [1.29, 1.82) is 0 Å². The molecule has 0 aliphatic carbocycles. The quantitative estimate of drug-likeness (QED) is 0.228. The molecule has 0 unspecified atom stereocenters. The summed E-state index contributed by atoms with van der Waals surface area (Å²) in [6.45, 7) is 2.97. The number of carbonyl (C=O) groups excluding carboxylic acids is 1. The summed E-state index contributed by atoms with van der Waals surface area (Å²) < 4.78 is 23.6. The number of fused-ring (bicyclic) bond motifs is 1. The van der Waals surface area contributed by atoms with Crippen LogP contribution in [0.3, 0.4) is 0 Å². The van der Waals surface area contributed by atoms with Crippen LogP contribution < -0.4 is 25.1 Å². The minimum absolute atomic E-state index is 0.0781. The first-order valence-electron chi connectivity index (χ1n) is 12.7. The highest BCUT2D eigenvalue weighted by Gasteiger charge is 2.50. The van der Waals surface area contributed by atoms with Crippen LogP contribution in [0.15, 0.2) is 76.2 Å². The van der Waals surface area contributed by atoms with Gasteiger partial charge in [-0.1, -0.05) is 34.1 Å². The second kappa shape index (κ2) is 12.1. The lowest BCUT2D eigenvalue weighted by molar-refractivity contribution is -0.129. The Morgan fingerprint density at radius 3 is 2.59 bits per heavy atom. The highest BCUT2D eigenvalue weighted by molar-refractivity contribution is 9.10. The van der Waals surface area contributed by atoms with Crippen LogP contribution >= 0.6 is 15.9 Å². The molecule has 204 valence electrons. The molecule has 0 bridgehead atoms. The van der Waals surface area contributed by atoms with Crippen molar-refractivity contribution < 1.29 is 28.8 Å². The van der Waals surface area contributed by atoms with Gasteiger partial charge in [0, 0.05) is 36.0 Å². The van der Waals surface area contributed by atoms with E-state index in [4.69, 9.17) is 29.0 Å². The summed E-state index contributed by atoms with van der Waals surface area (Å²) in [6, 6.07) is 20.8. The summed E-state index contributed by atoms with van der Waals surface area (Å²) in [5.74, 6) is 2.18. The standard InChI is InChI=1S/C29H30BrN3O6/c1-19-29(16-20-3-8-23(30)9-4-20,28(35)33-31-17-21-5-12-25-26(15-21)38-18-37-25)32-27(39-19)22-6-10-24(11-7-22)36-14-2-13-34/h3-12,15,19,31,34H,2,13-14,16-18H2,1H3,(H,33,35)/t19-,29-/m0/s1. The number of amides is 1. The van der Waals surface area contributed by atoms with Crippen molar-refractivity contribution in [1.82, 2.24) is 10.9 Å². The summed E-state index contributed by atoms with van der Waals surface area (Å²) >= 11 is 3.47. The minimum Gasteiger partial charge on any atom is -0.494 e. The highest BCUT2D eigenvalue weighted by Crippen LogP contribution is 2.34. The van der Waals surface area contributed by atoms with Crippen molar-refractivity contribution in [2.75, 3.05) is 20.0 Å². The number of halogens is 1. The van der Waals surface area contributed by atoms with E-state index < -0.39 is 11.6 Å². The molecule has 2 heterocycles. The van der Waals surface area contributed by atoms with E-state index in [1.54, 1.807) is 0 Å². The molecule has 5 rings (SSSR count). The first-order chi connectivity index (χ1) is 19.0. The number of benzene rings is 3. The Morgan fingerprint density at radius 1 is 1.08 bits per heavy atom. The van der Waals surface area contributed by atoms with E-state index in [9.17, 15) is 4.79 Å². The van der Waals surface area contributed by atoms with E-state index >= 15 is 0 Å². The number of aliphatic imine (C=N–C) groups is 1. The number of nitrogens with zero attached hydrogens (tertiary/aromatic N) is 1. The van der Waals surface area contributed by atoms with E-state index in [1.807, 2.05) is 73.7 Å². The van der Waals surface area contributed by atoms with Gasteiger partial charge in [-0.2, -0.15) is 0 Å². The Balaban J connectivity index is 1.34. The second-order valence-electron chi connectivity index (χ2n) is 9.35. The van der Waals surface area contributed by atoms with Gasteiger partial charge in [0.25, 0.3) is 5.91 Å². The third-order valence-electron chi connectivity index (χ3n) is 6.65. The molecule has 39 heavy (non-hydrogen) atoms. The van der Waals surface area contributed by atoms with Gasteiger partial charge in [0.15, 0.2) is 17.0 Å². The van der Waals surface area contributed by atoms with Crippen LogP contribution in [0.25, 0.3) is 0 Å². The maximum absolute atomic E-state index is 13.7. The van der Waals surface area contributed by atoms with Gasteiger partial charge in [-0.05, 0) is 66.6 Å². The summed E-state index contributed by atoms with van der Waals surface area (Å²) in [7, 11) is 0. The first-order valence-corrected chi connectivity index (χ1v) is 13.5. The van der Waals surface area contributed by atoms with Crippen LogP contribution in [0.2, 0.25) is 0 Å². The fourth-order valence-electron chi connectivity index (χ4n) is 4.44. The molecule has 3 aromatic carbocycles. The number of aliphatic hydroxyl groups excluding tert-OH is 1. The molecule has 1 amide bonds. The van der Waals surface area contributed by atoms with Gasteiger partial charge < -0.3 is 24.1 Å². The van der Waals surface area contributed by atoms with E-state index in [0.29, 0.717) is 49.1 Å². The molecule has 3 aromatic rings. The van der Waals surface area contributed by atoms with Crippen LogP contribution in [0.4, 0.5) is 0 Å². The number of rotatable bonds is 11. The maximum Gasteiger partial charge on any atom is 0.266 e. The lowest BCUT2D eigenvalue weighted by Crippen LogP contribution is -2.55. The molecule has 0 saturated heterocycles. The van der Waals surface area contributed by atoms with Gasteiger partial charge in [-0.15, -0.1) is 0 Å². The average molecular weight is 596 g/mol. The highest BCUT2D eigenvalue weighted by atomic mass is 79.9. The lowest BCUT2D eigenvalue weighted by Gasteiger charge is -2.28. The molecular formula is C29H30BrN3O6. The van der Waals surface area contributed by atoms with Crippen molar-refractivity contribution in [3.63, 3.8) is 0 Å². The number of ether oxygens (including phenoxy) is 4. The summed E-state index contributed by atoms with van der Waals surface area (Å²) in [6.07, 6.45) is 0.389. The monoisotopic (exact) mass is 595 g/mol. The van der Waals surface area contributed by atoms with Crippen molar-refractivity contribution in [2.45, 2.75) is 38.0 Å². The molecule has 10 heteroatoms. The van der Waals surface area contributed by atoms with E-state index in [0.717, 1.165) is 21.2 Å². The molecule has 2 aliphatic heterocycles. The van der Waals surface area contributed by atoms with E-state index in [2.05, 4.69) is 26.8 Å². The number of aliphatic hydroxyl groups is 1. The Kier molecular flexibility index (Phi) is 8.35. The van der Waals surface area contributed by atoms with Gasteiger partial charge >= 0.3 is 0 Å². The van der Waals surface area contributed by atoms with Gasteiger partial charge in [-0.3, -0.25) is 10.2 Å². The fourth-order valence-corrected chi connectivity index (χ4v) is 4.71. The van der Waals surface area contributed by atoms with Crippen LogP contribution in [0.5, 0.6) is 17.2 Å². The molecule has 0 saturated carbocycles. The minimum atomic E-state index is -1.19. The topological polar surface area (TPSA) is 111 Å². The Labute approximate surface area is 235 Å². The molecule has 0 aromatic heterocycles. The van der Waals surface area contributed by atoms with Gasteiger partial charge in [-0.25, -0.2) is 10.4 Å². The number of nitrogens with one attached hydrogen (secondary N) is 2. The van der Waals surface area contributed by atoms with Crippen LogP contribution in [-0.2, 0) is 22.5 Å². The van der Waals surface area contributed by atoms with E-state index in [-0.39, 0.29) is 19.3 Å². The molecular weight excluding hydrogens is 566 g/mol. The molecule has 0 fully saturated rings. The largest absolute Gasteiger partial charge is 0.494 e. The molecule has 9 nitrogen and oxygen atoms in total. The predicted molar refractivity (Wildman–Crippen MR) is 149 cm³/mol. The average Bonchev–Trinajstić information content (AvgIpc) is 3.55. The summed E-state index contributed by atoms with van der Waals surface area (Å²) in [5, 5.41) is 8.95. The van der Waals surface area contributed by atoms with Crippen molar-refractivity contribution in [2.24, 2.45) is 4.99 Å². The molecule has 3 N–H and O–H groups in total. The molecule has 0 spiro atoms. The lowest BCUT2D eigenvalue weighted by atomic mass is 9.86. The Morgan fingerprint density at radius 2 is 1.82 bits per heavy atom. The normalized spacial score (nSPS) is 19.4. The predicted octanol–water partition coefficient (Wildman–Crippen LogP) is 3.91. The fraction of sp³-hybridized carbons (Fsp3) is 0.310. The first kappa shape index (κ1) is 27.0. The van der Waals surface area contributed by atoms with E-state index in [1.165, 1.54) is 0 Å².